The van der Waals surface area contributed by atoms with Gasteiger partial charge in [0.15, 0.2) is 5.88 Å². The van der Waals surface area contributed by atoms with Crippen LogP contribution in [0, 0.1) is 0 Å². The van der Waals surface area contributed by atoms with Crippen molar-refractivity contribution in [3.8, 4) is 5.88 Å². The monoisotopic (exact) mass is 298 g/mol. The van der Waals surface area contributed by atoms with Crippen LogP contribution >= 0.6 is 0 Å². The van der Waals surface area contributed by atoms with Crippen LogP contribution in [-0.2, 0) is 9.59 Å². The lowest BCUT2D eigenvalue weighted by molar-refractivity contribution is -0.191. The predicted molar refractivity (Wildman–Crippen MR) is 84.6 cm³/mol. The number of allylic oxidation sites excluding steroid dienone is 2. The molecule has 22 heavy (non-hydrogen) atoms. The SMILES string of the molecule is CCC1=C(C)C=NC1=Cc1cccccc[nH]c1O.O=C=O. The smallest absolute Gasteiger partial charge is 0.373 e. The Morgan fingerprint density at radius 1 is 1.27 bits per heavy atom. The third-order valence-electron chi connectivity index (χ3n) is 3.03. The van der Waals surface area contributed by atoms with E-state index in [2.05, 4.69) is 23.8 Å². The van der Waals surface area contributed by atoms with Gasteiger partial charge in [0.05, 0.1) is 5.70 Å². The van der Waals surface area contributed by atoms with E-state index >= 15 is 0 Å². The summed E-state index contributed by atoms with van der Waals surface area (Å²) in [5.41, 5.74) is 4.04. The second kappa shape index (κ2) is 9.10. The molecule has 0 spiro atoms. The first-order chi connectivity index (χ1) is 10.6. The number of rotatable bonds is 2. The van der Waals surface area contributed by atoms with Crippen molar-refractivity contribution in [3.05, 3.63) is 58.9 Å². The Morgan fingerprint density at radius 3 is 2.64 bits per heavy atom. The Morgan fingerprint density at radius 2 is 1.95 bits per heavy atom. The van der Waals surface area contributed by atoms with Gasteiger partial charge in [0.25, 0.3) is 0 Å². The van der Waals surface area contributed by atoms with E-state index in [1.807, 2.05) is 42.6 Å². The fourth-order valence-corrected chi connectivity index (χ4v) is 2.00. The summed E-state index contributed by atoms with van der Waals surface area (Å²) in [6.07, 6.45) is 6.64. The molecule has 0 atom stereocenters. The van der Waals surface area contributed by atoms with E-state index in [4.69, 9.17) is 9.59 Å². The van der Waals surface area contributed by atoms with Gasteiger partial charge in [-0.15, -0.1) is 0 Å². The van der Waals surface area contributed by atoms with Crippen molar-refractivity contribution >= 4 is 18.4 Å². The van der Waals surface area contributed by atoms with Gasteiger partial charge in [0, 0.05) is 18.0 Å². The number of nitrogens with zero attached hydrogens (tertiary/aromatic N) is 1. The first-order valence-corrected chi connectivity index (χ1v) is 6.78. The maximum Gasteiger partial charge on any atom is 0.373 e. The largest absolute Gasteiger partial charge is 0.494 e. The number of aliphatic imine (C=N–C) groups is 1. The van der Waals surface area contributed by atoms with E-state index in [1.165, 1.54) is 11.1 Å². The second-order valence-electron chi connectivity index (χ2n) is 4.44. The molecule has 0 fully saturated rings. The van der Waals surface area contributed by atoms with E-state index in [9.17, 15) is 5.11 Å². The Hall–Kier alpha value is -2.91. The highest BCUT2D eigenvalue weighted by Crippen LogP contribution is 2.27. The van der Waals surface area contributed by atoms with Crippen LogP contribution in [0.25, 0.3) is 6.08 Å². The number of carbonyl (C=O) groups excluding carboxylic acids is 2. The van der Waals surface area contributed by atoms with E-state index in [0.29, 0.717) is 5.56 Å². The van der Waals surface area contributed by atoms with Crippen LogP contribution < -0.4 is 0 Å². The predicted octanol–water partition coefficient (Wildman–Crippen LogP) is 3.41. The molecule has 5 heteroatoms. The van der Waals surface area contributed by atoms with Crippen LogP contribution in [0.15, 0.2) is 58.4 Å². The van der Waals surface area contributed by atoms with Gasteiger partial charge in [0.2, 0.25) is 0 Å². The average Bonchev–Trinajstić information content (AvgIpc) is 2.88. The molecule has 0 radical (unpaired) electrons. The first-order valence-electron chi connectivity index (χ1n) is 6.78. The van der Waals surface area contributed by atoms with Crippen molar-refractivity contribution in [2.75, 3.05) is 0 Å². The highest BCUT2D eigenvalue weighted by atomic mass is 16.3. The highest BCUT2D eigenvalue weighted by molar-refractivity contribution is 5.87. The van der Waals surface area contributed by atoms with Crippen molar-refractivity contribution < 1.29 is 14.7 Å². The molecule has 0 amide bonds. The molecular formula is C17H18N2O3. The summed E-state index contributed by atoms with van der Waals surface area (Å²) in [6.45, 7) is 4.17. The zero-order valence-electron chi connectivity index (χ0n) is 12.5. The molecule has 0 aromatic carbocycles. The Bertz CT molecular complexity index is 689. The molecule has 2 heterocycles. The summed E-state index contributed by atoms with van der Waals surface area (Å²) in [7, 11) is 0. The number of aromatic hydroxyl groups is 1. The van der Waals surface area contributed by atoms with E-state index in [1.54, 1.807) is 6.20 Å². The van der Waals surface area contributed by atoms with Crippen LogP contribution in [0.5, 0.6) is 5.88 Å². The summed E-state index contributed by atoms with van der Waals surface area (Å²) in [5, 5.41) is 10.0. The van der Waals surface area contributed by atoms with Crippen molar-refractivity contribution in [3.63, 3.8) is 0 Å². The average molecular weight is 298 g/mol. The van der Waals surface area contributed by atoms with E-state index < -0.39 is 0 Å². The van der Waals surface area contributed by atoms with Gasteiger partial charge in [-0.25, -0.2) is 0 Å². The minimum absolute atomic E-state index is 0.124. The number of hydrogen-bond donors (Lipinski definition) is 2. The number of aromatic amines is 1. The second-order valence-corrected chi connectivity index (χ2v) is 4.44. The minimum atomic E-state index is 0.124. The molecule has 1 aromatic rings. The lowest BCUT2D eigenvalue weighted by Gasteiger charge is -2.02. The molecule has 1 aliphatic heterocycles. The molecule has 5 nitrogen and oxygen atoms in total. The van der Waals surface area contributed by atoms with Gasteiger partial charge in [0.1, 0.15) is 0 Å². The molecule has 2 rings (SSSR count). The Kier molecular flexibility index (Phi) is 7.09. The molecule has 0 aliphatic carbocycles. The zero-order chi connectivity index (χ0) is 16.4. The Balaban J connectivity index is 0.000000745. The molecule has 0 saturated heterocycles. The minimum Gasteiger partial charge on any atom is -0.494 e. The lowest BCUT2D eigenvalue weighted by Crippen LogP contribution is -1.84. The van der Waals surface area contributed by atoms with Crippen LogP contribution in [-0.4, -0.2) is 22.5 Å². The van der Waals surface area contributed by atoms with Crippen molar-refractivity contribution in [2.24, 2.45) is 4.99 Å². The molecule has 114 valence electrons. The van der Waals surface area contributed by atoms with Crippen molar-refractivity contribution in [1.29, 1.82) is 0 Å². The standard InChI is InChI=1S/C16H18N2O.CO2/c1-3-14-12(2)11-18-15(14)10-13-8-6-4-5-7-9-17-16(13)19;2-1-3/h4-11,17,19H,3H2,1-2H3;. The van der Waals surface area contributed by atoms with Gasteiger partial charge >= 0.3 is 6.15 Å². The number of H-pyrrole nitrogens is 1. The summed E-state index contributed by atoms with van der Waals surface area (Å²) >= 11 is 0. The summed E-state index contributed by atoms with van der Waals surface area (Å²) < 4.78 is 0. The Labute approximate surface area is 129 Å². The van der Waals surface area contributed by atoms with Crippen LogP contribution in [0.2, 0.25) is 0 Å². The number of hydrogen-bond acceptors (Lipinski definition) is 4. The molecule has 0 bridgehead atoms. The number of aromatic nitrogens is 1. The lowest BCUT2D eigenvalue weighted by atomic mass is 10.1. The first kappa shape index (κ1) is 17.1. The topological polar surface area (TPSA) is 82.5 Å². The molecule has 0 unspecified atom stereocenters. The quantitative estimate of drug-likeness (QED) is 0.877. The van der Waals surface area contributed by atoms with Crippen LogP contribution in [0.4, 0.5) is 0 Å². The molecular weight excluding hydrogens is 280 g/mol. The zero-order valence-corrected chi connectivity index (χ0v) is 12.5. The van der Waals surface area contributed by atoms with Gasteiger partial charge < -0.3 is 10.1 Å². The normalized spacial score (nSPS) is 14.2. The summed E-state index contributed by atoms with van der Waals surface area (Å²) in [4.78, 5) is 23.5. The van der Waals surface area contributed by atoms with Gasteiger partial charge in [-0.05, 0) is 42.7 Å². The van der Waals surface area contributed by atoms with Gasteiger partial charge in [-0.1, -0.05) is 25.1 Å². The van der Waals surface area contributed by atoms with E-state index in [0.717, 1.165) is 12.1 Å². The summed E-state index contributed by atoms with van der Waals surface area (Å²) in [5.74, 6) is 0.124. The van der Waals surface area contributed by atoms with E-state index in [-0.39, 0.29) is 12.0 Å². The molecule has 1 aliphatic rings. The highest BCUT2D eigenvalue weighted by Gasteiger charge is 2.11. The fraction of sp³-hybridized carbons (Fsp3) is 0.176. The molecule has 1 aromatic heterocycles. The maximum absolute atomic E-state index is 10.0. The summed E-state index contributed by atoms with van der Waals surface area (Å²) in [6, 6.07) is 9.37. The van der Waals surface area contributed by atoms with Crippen molar-refractivity contribution in [1.82, 2.24) is 4.98 Å². The van der Waals surface area contributed by atoms with Gasteiger partial charge in [-0.3, -0.25) is 4.99 Å². The third-order valence-corrected chi connectivity index (χ3v) is 3.03. The fourth-order valence-electron chi connectivity index (χ4n) is 2.00. The van der Waals surface area contributed by atoms with Crippen molar-refractivity contribution in [2.45, 2.75) is 20.3 Å². The van der Waals surface area contributed by atoms with Crippen LogP contribution in [0.3, 0.4) is 0 Å². The molecule has 2 N–H and O–H groups in total. The van der Waals surface area contributed by atoms with Gasteiger partial charge in [-0.2, -0.15) is 9.59 Å². The maximum atomic E-state index is 10.0. The third kappa shape index (κ3) is 4.89. The van der Waals surface area contributed by atoms with Crippen LogP contribution in [0.1, 0.15) is 25.8 Å². The molecule has 0 saturated carbocycles. The number of nitrogens with one attached hydrogen (secondary N) is 1.